The van der Waals surface area contributed by atoms with Gasteiger partial charge in [-0.15, -0.1) is 0 Å². The molecule has 2 aliphatic heterocycles. The molecule has 2 heterocycles. The van der Waals surface area contributed by atoms with Gasteiger partial charge in [0, 0.05) is 6.92 Å². The zero-order valence-corrected chi connectivity index (χ0v) is 16.8. The van der Waals surface area contributed by atoms with Gasteiger partial charge in [-0.2, -0.15) is 0 Å². The number of aliphatic hydroxyl groups excluding tert-OH is 8. The Kier molecular flexibility index (Phi) is 9.94. The summed E-state index contributed by atoms with van der Waals surface area (Å²) in [5.41, 5.74) is 0. The molecule has 31 heavy (non-hydrogen) atoms. The summed E-state index contributed by atoms with van der Waals surface area (Å²) in [6.07, 6.45) is -14.9. The molecule has 0 aromatic heterocycles. The van der Waals surface area contributed by atoms with Crippen LogP contribution in [0.1, 0.15) is 6.92 Å². The molecular formula is C17H31NO13. The molecule has 1 amide bonds. The maximum absolute atomic E-state index is 11.5. The Morgan fingerprint density at radius 2 is 1.16 bits per heavy atom. The monoisotopic (exact) mass is 457 g/mol. The number of hydrogen-bond acceptors (Lipinski definition) is 13. The maximum atomic E-state index is 11.5. The van der Waals surface area contributed by atoms with Crippen LogP contribution in [0.2, 0.25) is 0 Å². The van der Waals surface area contributed by atoms with E-state index in [1.807, 2.05) is 0 Å². The number of amides is 1. The third-order valence-electron chi connectivity index (χ3n) is 5.03. The Bertz CT molecular complexity index is 524. The van der Waals surface area contributed by atoms with Crippen molar-refractivity contribution in [1.82, 2.24) is 5.32 Å². The third-order valence-corrected chi connectivity index (χ3v) is 5.03. The first-order valence-corrected chi connectivity index (χ1v) is 9.72. The van der Waals surface area contributed by atoms with Crippen LogP contribution in [-0.2, 0) is 23.7 Å². The maximum Gasteiger partial charge on any atom is 0.217 e. The van der Waals surface area contributed by atoms with Crippen LogP contribution in [0.15, 0.2) is 0 Å². The number of carbonyl (C=O) groups excluding carboxylic acids is 1. The van der Waals surface area contributed by atoms with Crippen LogP contribution >= 0.6 is 0 Å². The first kappa shape index (κ1) is 26.2. The summed E-state index contributed by atoms with van der Waals surface area (Å²) < 4.78 is 21.2. The highest BCUT2D eigenvalue weighted by molar-refractivity contribution is 5.73. The lowest BCUT2D eigenvalue weighted by Crippen LogP contribution is -2.60. The number of ether oxygens (including phenoxy) is 4. The summed E-state index contributed by atoms with van der Waals surface area (Å²) in [7, 11) is 0. The largest absolute Gasteiger partial charge is 0.394 e. The van der Waals surface area contributed by atoms with Crippen molar-refractivity contribution in [3.63, 3.8) is 0 Å². The molecule has 0 aromatic rings. The van der Waals surface area contributed by atoms with Crippen molar-refractivity contribution in [3.8, 4) is 0 Å². The molecule has 10 atom stereocenters. The van der Waals surface area contributed by atoms with E-state index < -0.39 is 86.6 Å². The lowest BCUT2D eigenvalue weighted by molar-refractivity contribution is -0.309. The number of rotatable bonds is 9. The summed E-state index contributed by atoms with van der Waals surface area (Å²) in [4.78, 5) is 11.5. The molecule has 14 heteroatoms. The topological polar surface area (TPSA) is 228 Å². The molecule has 0 saturated carbocycles. The number of hydrogen-bond donors (Lipinski definition) is 9. The van der Waals surface area contributed by atoms with Crippen LogP contribution in [0.5, 0.6) is 0 Å². The van der Waals surface area contributed by atoms with E-state index in [1.54, 1.807) is 0 Å². The van der Waals surface area contributed by atoms with Gasteiger partial charge in [0.05, 0.1) is 32.5 Å². The van der Waals surface area contributed by atoms with Gasteiger partial charge in [-0.25, -0.2) is 0 Å². The summed E-state index contributed by atoms with van der Waals surface area (Å²) in [6.45, 7) is -0.700. The van der Waals surface area contributed by atoms with Gasteiger partial charge in [-0.05, 0) is 0 Å². The highest BCUT2D eigenvalue weighted by Crippen LogP contribution is 2.23. The van der Waals surface area contributed by atoms with E-state index in [-0.39, 0.29) is 13.2 Å². The molecule has 9 N–H and O–H groups in total. The van der Waals surface area contributed by atoms with Crippen LogP contribution < -0.4 is 5.32 Å². The van der Waals surface area contributed by atoms with Gasteiger partial charge in [0.15, 0.2) is 12.6 Å². The lowest BCUT2D eigenvalue weighted by Gasteiger charge is -2.40. The van der Waals surface area contributed by atoms with Crippen molar-refractivity contribution >= 4 is 5.91 Å². The molecular weight excluding hydrogens is 426 g/mol. The van der Waals surface area contributed by atoms with E-state index in [0.717, 1.165) is 0 Å². The minimum absolute atomic E-state index is 0.320. The Morgan fingerprint density at radius 3 is 1.48 bits per heavy atom. The van der Waals surface area contributed by atoms with Gasteiger partial charge in [-0.3, -0.25) is 4.79 Å². The molecule has 6 unspecified atom stereocenters. The zero-order valence-electron chi connectivity index (χ0n) is 16.8. The molecule has 2 rings (SSSR count). The minimum atomic E-state index is -1.64. The fourth-order valence-corrected chi connectivity index (χ4v) is 3.25. The van der Waals surface area contributed by atoms with E-state index in [1.165, 1.54) is 6.92 Å². The fourth-order valence-electron chi connectivity index (χ4n) is 3.25. The van der Waals surface area contributed by atoms with E-state index in [9.17, 15) is 45.6 Å². The predicted molar refractivity (Wildman–Crippen MR) is 97.0 cm³/mol. The van der Waals surface area contributed by atoms with Crippen molar-refractivity contribution < 1.29 is 64.6 Å². The molecule has 2 aliphatic rings. The van der Waals surface area contributed by atoms with Crippen LogP contribution in [0.4, 0.5) is 0 Å². The fraction of sp³-hybridized carbons (Fsp3) is 0.941. The molecule has 0 bridgehead atoms. The van der Waals surface area contributed by atoms with Crippen LogP contribution in [0.3, 0.4) is 0 Å². The third kappa shape index (κ3) is 6.50. The first-order chi connectivity index (χ1) is 14.6. The Balaban J connectivity index is 1.95. The SMILES string of the molecule is CC(=O)NC(CO[C@H]1OC(CO)[C@H](O)C(O)C1O)CO[C@H]1OC(CO)[C@H](O)C(O)C1O. The van der Waals surface area contributed by atoms with Crippen molar-refractivity contribution in [2.75, 3.05) is 26.4 Å². The molecule has 2 fully saturated rings. The van der Waals surface area contributed by atoms with Crippen molar-refractivity contribution in [3.05, 3.63) is 0 Å². The Hall–Kier alpha value is -1.01. The standard InChI is InChI=1S/C17H31NO13/c1-6(21)18-7(4-28-16-14(26)12(24)10(22)8(2-19)30-16)5-29-17-15(27)13(25)11(23)9(3-20)31-17/h7-17,19-20,22-27H,2-5H2,1H3,(H,18,21)/t7?,8?,9?,10-,11-,12?,13?,14?,15?,16-,17-/m0/s1. The van der Waals surface area contributed by atoms with Gasteiger partial charge >= 0.3 is 0 Å². The average Bonchev–Trinajstić information content (AvgIpc) is 2.74. The summed E-state index contributed by atoms with van der Waals surface area (Å²) >= 11 is 0. The smallest absolute Gasteiger partial charge is 0.217 e. The highest BCUT2D eigenvalue weighted by atomic mass is 16.7. The van der Waals surface area contributed by atoms with Crippen molar-refractivity contribution in [2.24, 2.45) is 0 Å². The van der Waals surface area contributed by atoms with Gasteiger partial charge < -0.3 is 65.1 Å². The highest BCUT2D eigenvalue weighted by Gasteiger charge is 2.45. The van der Waals surface area contributed by atoms with Crippen LogP contribution in [0.25, 0.3) is 0 Å². The van der Waals surface area contributed by atoms with Crippen LogP contribution in [0, 0.1) is 0 Å². The molecule has 182 valence electrons. The average molecular weight is 457 g/mol. The van der Waals surface area contributed by atoms with Crippen molar-refractivity contribution in [1.29, 1.82) is 0 Å². The summed E-state index contributed by atoms with van der Waals surface area (Å²) in [5.74, 6) is -0.472. The first-order valence-electron chi connectivity index (χ1n) is 9.72. The molecule has 2 saturated heterocycles. The number of carbonyl (C=O) groups is 1. The van der Waals surface area contributed by atoms with E-state index >= 15 is 0 Å². The molecule has 14 nitrogen and oxygen atoms in total. The quantitative estimate of drug-likeness (QED) is 0.157. The Labute approximate surface area is 177 Å². The van der Waals surface area contributed by atoms with Crippen LogP contribution in [-0.4, -0.2) is 141 Å². The predicted octanol–water partition coefficient (Wildman–Crippen LogP) is -5.88. The minimum Gasteiger partial charge on any atom is -0.394 e. The Morgan fingerprint density at radius 1 is 0.774 bits per heavy atom. The lowest BCUT2D eigenvalue weighted by atomic mass is 9.99. The zero-order chi connectivity index (χ0) is 23.3. The second-order valence-corrected chi connectivity index (χ2v) is 7.46. The van der Waals surface area contributed by atoms with E-state index in [2.05, 4.69) is 5.32 Å². The van der Waals surface area contributed by atoms with E-state index in [0.29, 0.717) is 0 Å². The second-order valence-electron chi connectivity index (χ2n) is 7.46. The molecule has 0 radical (unpaired) electrons. The van der Waals surface area contributed by atoms with Gasteiger partial charge in [0.2, 0.25) is 5.91 Å². The van der Waals surface area contributed by atoms with Crippen molar-refractivity contribution in [2.45, 2.75) is 74.4 Å². The molecule has 0 aliphatic carbocycles. The second kappa shape index (κ2) is 11.7. The summed E-state index contributed by atoms with van der Waals surface area (Å²) in [5, 5.41) is 80.1. The number of aliphatic hydroxyl groups is 8. The van der Waals surface area contributed by atoms with E-state index in [4.69, 9.17) is 18.9 Å². The number of nitrogens with one attached hydrogen (secondary N) is 1. The molecule has 0 spiro atoms. The molecule has 0 aromatic carbocycles. The van der Waals surface area contributed by atoms with Gasteiger partial charge in [0.1, 0.15) is 48.8 Å². The van der Waals surface area contributed by atoms with Gasteiger partial charge in [-0.1, -0.05) is 0 Å². The summed E-state index contributed by atoms with van der Waals surface area (Å²) in [6, 6.07) is -0.878. The van der Waals surface area contributed by atoms with Gasteiger partial charge in [0.25, 0.3) is 0 Å². The normalized spacial score (nSPS) is 42.2.